The summed E-state index contributed by atoms with van der Waals surface area (Å²) >= 11 is 6.44. The summed E-state index contributed by atoms with van der Waals surface area (Å²) in [7, 11) is -7.44. The van der Waals surface area contributed by atoms with E-state index in [1.54, 1.807) is 0 Å². The second-order valence-electron chi connectivity index (χ2n) is 6.96. The monoisotopic (exact) mass is 386 g/mol. The molecule has 0 unspecified atom stereocenters. The summed E-state index contributed by atoms with van der Waals surface area (Å²) in [6, 6.07) is 2.19. The molecule has 0 heterocycles. The summed E-state index contributed by atoms with van der Waals surface area (Å²) in [5.41, 5.74) is 0. The third kappa shape index (κ3) is 10.9. The highest BCUT2D eigenvalue weighted by atomic mass is 35.6. The fraction of sp³-hybridized carbons (Fsp3) is 1.00. The Hall–Kier alpha value is 1.25. The molecular formula is C11H31ClO3Si5. The van der Waals surface area contributed by atoms with Crippen molar-refractivity contribution in [1.29, 1.82) is 0 Å². The molecule has 0 aromatic rings. The van der Waals surface area contributed by atoms with Crippen LogP contribution in [0, 0.1) is 0 Å². The summed E-state index contributed by atoms with van der Waals surface area (Å²) in [5.74, 6) is 0. The fourth-order valence-electron chi connectivity index (χ4n) is 1.96. The molecule has 9 heteroatoms. The van der Waals surface area contributed by atoms with Crippen molar-refractivity contribution in [2.45, 2.75) is 71.0 Å². The maximum absolute atomic E-state index is 6.49. The predicted molar refractivity (Wildman–Crippen MR) is 100 cm³/mol. The first-order valence-electron chi connectivity index (χ1n) is 7.12. The molecule has 0 aromatic carbocycles. The van der Waals surface area contributed by atoms with Crippen LogP contribution in [0.25, 0.3) is 0 Å². The van der Waals surface area contributed by atoms with Crippen molar-refractivity contribution in [2.24, 2.45) is 0 Å². The van der Waals surface area contributed by atoms with Gasteiger partial charge in [0.05, 0.1) is 0 Å². The van der Waals surface area contributed by atoms with Gasteiger partial charge in [0.25, 0.3) is 0 Å². The number of rotatable bonds is 9. The Morgan fingerprint density at radius 2 is 1.20 bits per heavy atom. The van der Waals surface area contributed by atoms with Crippen LogP contribution in [0.2, 0.25) is 71.0 Å². The minimum atomic E-state index is -2.48. The van der Waals surface area contributed by atoms with Gasteiger partial charge < -0.3 is 12.3 Å². The molecule has 0 aromatic heterocycles. The van der Waals surface area contributed by atoms with E-state index in [1.165, 1.54) is 0 Å². The van der Waals surface area contributed by atoms with Gasteiger partial charge in [0.15, 0.2) is 26.4 Å². The Morgan fingerprint density at radius 1 is 0.800 bits per heavy atom. The lowest BCUT2D eigenvalue weighted by atomic mass is 10.9. The number of halogens is 1. The van der Waals surface area contributed by atoms with Crippen molar-refractivity contribution in [2.75, 3.05) is 0 Å². The van der Waals surface area contributed by atoms with Crippen LogP contribution >= 0.6 is 11.1 Å². The molecule has 0 aliphatic heterocycles. The minimum Gasteiger partial charge on any atom is -0.417 e. The van der Waals surface area contributed by atoms with E-state index in [-0.39, 0.29) is 0 Å². The van der Waals surface area contributed by atoms with E-state index in [0.717, 1.165) is 12.1 Å². The molecular weight excluding hydrogens is 356 g/mol. The number of hydrogen-bond donors (Lipinski definition) is 0. The van der Waals surface area contributed by atoms with Crippen LogP contribution in [0.3, 0.4) is 0 Å². The van der Waals surface area contributed by atoms with Gasteiger partial charge in [0.1, 0.15) is 7.38 Å². The van der Waals surface area contributed by atoms with E-state index in [9.17, 15) is 0 Å². The van der Waals surface area contributed by atoms with Crippen molar-refractivity contribution < 1.29 is 12.3 Å². The highest BCUT2D eigenvalue weighted by molar-refractivity contribution is 7.19. The Labute approximate surface area is 137 Å². The largest absolute Gasteiger partial charge is 0.466 e. The predicted octanol–water partition coefficient (Wildman–Crippen LogP) is 4.76. The molecule has 2 radical (unpaired) electrons. The maximum atomic E-state index is 6.49. The van der Waals surface area contributed by atoms with Crippen LogP contribution in [-0.2, 0) is 12.3 Å². The first-order valence-corrected chi connectivity index (χ1v) is 21.5. The summed E-state index contributed by atoms with van der Waals surface area (Å²) in [6.45, 7) is 19.6. The second-order valence-corrected chi connectivity index (χ2v) is 25.8. The number of hydrogen-bond acceptors (Lipinski definition) is 3. The normalized spacial score (nSPS) is 14.4. The van der Waals surface area contributed by atoms with Gasteiger partial charge in [0, 0.05) is 6.55 Å². The summed E-state index contributed by atoms with van der Waals surface area (Å²) < 4.78 is 18.8. The molecule has 20 heavy (non-hydrogen) atoms. The van der Waals surface area contributed by atoms with E-state index in [1.807, 2.05) is 0 Å². The van der Waals surface area contributed by atoms with Crippen molar-refractivity contribution in [3.05, 3.63) is 0 Å². The van der Waals surface area contributed by atoms with E-state index < -0.39 is 42.6 Å². The van der Waals surface area contributed by atoms with Crippen LogP contribution < -0.4 is 0 Å². The standard InChI is InChI=1S/C11H31ClO3Si5/c1-16(2)13-20(9,14-17(3)4)15-19(7,8)11-10-18(5,6)12/h10-11H2,1-9H3. The SMILES string of the molecule is C[Si](C)O[Si](C)(O[Si](C)C)O[Si](C)(C)CC[Si](C)(C)Cl. The van der Waals surface area contributed by atoms with E-state index in [2.05, 4.69) is 58.9 Å². The molecule has 0 rings (SSSR count). The molecule has 120 valence electrons. The average Bonchev–Trinajstić information content (AvgIpc) is 2.08. The topological polar surface area (TPSA) is 27.7 Å². The molecule has 0 spiro atoms. The fourth-order valence-corrected chi connectivity index (χ4v) is 19.6. The van der Waals surface area contributed by atoms with Crippen LogP contribution in [0.15, 0.2) is 0 Å². The second kappa shape index (κ2) is 8.20. The van der Waals surface area contributed by atoms with Crippen molar-refractivity contribution >= 4 is 53.7 Å². The third-order valence-corrected chi connectivity index (χ3v) is 16.4. The molecule has 0 saturated heterocycles. The molecule has 0 aliphatic rings. The highest BCUT2D eigenvalue weighted by Crippen LogP contribution is 2.27. The highest BCUT2D eigenvalue weighted by Gasteiger charge is 2.43. The molecule has 0 N–H and O–H groups in total. The van der Waals surface area contributed by atoms with Gasteiger partial charge in [-0.3, -0.25) is 0 Å². The third-order valence-electron chi connectivity index (χ3n) is 2.56. The molecule has 0 saturated carbocycles. The van der Waals surface area contributed by atoms with Gasteiger partial charge in [-0.15, -0.1) is 0 Å². The average molecular weight is 387 g/mol. The lowest BCUT2D eigenvalue weighted by Gasteiger charge is -2.37. The van der Waals surface area contributed by atoms with Gasteiger partial charge in [-0.2, -0.15) is 11.1 Å². The van der Waals surface area contributed by atoms with E-state index in [0.29, 0.717) is 0 Å². The van der Waals surface area contributed by atoms with Gasteiger partial charge in [-0.25, -0.2) is 0 Å². The molecule has 0 aliphatic carbocycles. The molecule has 0 amide bonds. The maximum Gasteiger partial charge on any atom is 0.466 e. The van der Waals surface area contributed by atoms with Crippen LogP contribution in [0.4, 0.5) is 0 Å². The Balaban J connectivity index is 4.77. The molecule has 0 fully saturated rings. The van der Waals surface area contributed by atoms with Gasteiger partial charge in [0.2, 0.25) is 0 Å². The van der Waals surface area contributed by atoms with E-state index >= 15 is 0 Å². The van der Waals surface area contributed by atoms with Crippen LogP contribution in [0.1, 0.15) is 0 Å². The Morgan fingerprint density at radius 3 is 1.50 bits per heavy atom. The zero-order chi connectivity index (χ0) is 16.2. The van der Waals surface area contributed by atoms with Crippen LogP contribution in [0.5, 0.6) is 0 Å². The van der Waals surface area contributed by atoms with Crippen molar-refractivity contribution in [3.8, 4) is 0 Å². The Bertz CT molecular complexity index is 284. The zero-order valence-corrected chi connectivity index (χ0v) is 20.3. The first-order chi connectivity index (χ1) is 8.75. The van der Waals surface area contributed by atoms with Gasteiger partial charge in [-0.1, -0.05) is 13.1 Å². The van der Waals surface area contributed by atoms with Crippen LogP contribution in [-0.4, -0.2) is 42.6 Å². The minimum absolute atomic E-state index is 0.818. The smallest absolute Gasteiger partial charge is 0.417 e. The first kappa shape index (κ1) is 21.3. The lowest BCUT2D eigenvalue weighted by molar-refractivity contribution is 0.272. The molecule has 3 nitrogen and oxygen atoms in total. The van der Waals surface area contributed by atoms with Gasteiger partial charge in [-0.05, 0) is 51.4 Å². The molecule has 0 bridgehead atoms. The Kier molecular flexibility index (Phi) is 8.72. The summed E-state index contributed by atoms with van der Waals surface area (Å²) in [5, 5.41) is 0. The lowest BCUT2D eigenvalue weighted by Crippen LogP contribution is -2.54. The zero-order valence-electron chi connectivity index (χ0n) is 14.5. The summed E-state index contributed by atoms with van der Waals surface area (Å²) in [6.07, 6.45) is 0. The quantitative estimate of drug-likeness (QED) is 0.422. The van der Waals surface area contributed by atoms with Crippen molar-refractivity contribution in [1.82, 2.24) is 0 Å². The molecule has 0 atom stereocenters. The van der Waals surface area contributed by atoms with E-state index in [4.69, 9.17) is 23.4 Å². The van der Waals surface area contributed by atoms with Crippen molar-refractivity contribution in [3.63, 3.8) is 0 Å². The summed E-state index contributed by atoms with van der Waals surface area (Å²) in [4.78, 5) is 0. The van der Waals surface area contributed by atoms with Gasteiger partial charge >= 0.3 is 8.80 Å².